The molecule has 156 valence electrons. The van der Waals surface area contributed by atoms with Gasteiger partial charge in [0.2, 0.25) is 5.95 Å². The summed E-state index contributed by atoms with van der Waals surface area (Å²) in [5.41, 5.74) is 11.1. The lowest BCUT2D eigenvalue weighted by atomic mass is 9.74. The van der Waals surface area contributed by atoms with Gasteiger partial charge >= 0.3 is 0 Å². The molecule has 2 heterocycles. The van der Waals surface area contributed by atoms with E-state index in [-0.39, 0.29) is 28.0 Å². The summed E-state index contributed by atoms with van der Waals surface area (Å²) in [4.78, 5) is 19.2. The van der Waals surface area contributed by atoms with Crippen molar-refractivity contribution in [3.05, 3.63) is 44.7 Å². The third-order valence-electron chi connectivity index (χ3n) is 6.34. The molecule has 1 aromatic heterocycles. The van der Waals surface area contributed by atoms with E-state index >= 15 is 0 Å². The molecule has 2 aliphatic rings. The van der Waals surface area contributed by atoms with E-state index in [4.69, 9.17) is 34.7 Å². The minimum absolute atomic E-state index is 0.0332. The highest BCUT2D eigenvalue weighted by atomic mass is 35.5. The van der Waals surface area contributed by atoms with Gasteiger partial charge < -0.3 is 16.4 Å². The van der Waals surface area contributed by atoms with Crippen LogP contribution in [-0.4, -0.2) is 34.4 Å². The third kappa shape index (κ3) is 3.60. The molecule has 6 nitrogen and oxygen atoms in total. The van der Waals surface area contributed by atoms with Gasteiger partial charge in [0.25, 0.3) is 5.56 Å². The summed E-state index contributed by atoms with van der Waals surface area (Å²) in [7, 11) is 0. The minimum atomic E-state index is -1.21. The summed E-state index contributed by atoms with van der Waals surface area (Å²) in [6, 6.07) is 6.29. The van der Waals surface area contributed by atoms with Gasteiger partial charge in [0.1, 0.15) is 11.5 Å². The van der Waals surface area contributed by atoms with Gasteiger partial charge in [-0.15, -0.1) is 0 Å². The summed E-state index contributed by atoms with van der Waals surface area (Å²) in [5, 5.41) is 0.565. The lowest BCUT2D eigenvalue weighted by molar-refractivity contribution is 0.142. The summed E-state index contributed by atoms with van der Waals surface area (Å²) < 4.78 is 15.7. The first-order valence-electron chi connectivity index (χ1n) is 9.65. The number of halogens is 3. The van der Waals surface area contributed by atoms with E-state index in [1.54, 1.807) is 25.1 Å². The minimum Gasteiger partial charge on any atom is -0.369 e. The molecule has 1 saturated heterocycles. The largest absolute Gasteiger partial charge is 0.369 e. The van der Waals surface area contributed by atoms with Gasteiger partial charge in [-0.25, -0.2) is 8.96 Å². The number of rotatable bonds is 2. The van der Waals surface area contributed by atoms with Gasteiger partial charge in [-0.3, -0.25) is 4.79 Å². The van der Waals surface area contributed by atoms with E-state index in [2.05, 4.69) is 4.98 Å². The smallest absolute Gasteiger partial charge is 0.261 e. The van der Waals surface area contributed by atoms with Crippen molar-refractivity contribution in [2.24, 2.45) is 11.1 Å². The van der Waals surface area contributed by atoms with Gasteiger partial charge in [0.15, 0.2) is 0 Å². The van der Waals surface area contributed by atoms with E-state index < -0.39 is 5.67 Å². The third-order valence-corrected chi connectivity index (χ3v) is 7.15. The van der Waals surface area contributed by atoms with E-state index in [0.717, 1.165) is 12.8 Å². The second-order valence-electron chi connectivity index (χ2n) is 8.47. The van der Waals surface area contributed by atoms with Crippen LogP contribution in [0.5, 0.6) is 0 Å². The Morgan fingerprint density at radius 3 is 2.55 bits per heavy atom. The second-order valence-corrected chi connectivity index (χ2v) is 9.25. The number of alkyl halides is 1. The van der Waals surface area contributed by atoms with Crippen LogP contribution in [0.2, 0.25) is 10.0 Å². The first kappa shape index (κ1) is 20.4. The number of nitrogen functional groups attached to an aromatic ring is 1. The predicted molar refractivity (Wildman–Crippen MR) is 115 cm³/mol. The van der Waals surface area contributed by atoms with Crippen LogP contribution in [0, 0.1) is 5.41 Å². The molecule has 1 spiro atoms. The molecule has 0 amide bonds. The number of nitrogens with zero attached hydrogens (tertiary/aromatic N) is 3. The number of piperidine rings is 1. The molecule has 1 aliphatic carbocycles. The van der Waals surface area contributed by atoms with Crippen molar-refractivity contribution in [3.8, 4) is 5.69 Å². The van der Waals surface area contributed by atoms with E-state index in [0.29, 0.717) is 42.5 Å². The Morgan fingerprint density at radius 1 is 1.28 bits per heavy atom. The van der Waals surface area contributed by atoms with Crippen LogP contribution in [0.25, 0.3) is 5.69 Å². The maximum Gasteiger partial charge on any atom is 0.261 e. The van der Waals surface area contributed by atoms with Crippen molar-refractivity contribution in [3.63, 3.8) is 0 Å². The summed E-state index contributed by atoms with van der Waals surface area (Å²) in [6.45, 7) is 2.94. The summed E-state index contributed by atoms with van der Waals surface area (Å²) in [6.07, 6.45) is 2.41. The molecule has 0 bridgehead atoms. The Hall–Kier alpha value is -1.83. The zero-order chi connectivity index (χ0) is 21.0. The van der Waals surface area contributed by atoms with E-state index in [1.807, 2.05) is 4.90 Å². The van der Waals surface area contributed by atoms with Crippen LogP contribution in [0.4, 0.5) is 16.2 Å². The van der Waals surface area contributed by atoms with Crippen LogP contribution in [0.15, 0.2) is 29.1 Å². The van der Waals surface area contributed by atoms with Crippen molar-refractivity contribution in [2.75, 3.05) is 23.7 Å². The Kier molecular flexibility index (Phi) is 5.04. The molecule has 1 unspecified atom stereocenters. The molecule has 29 heavy (non-hydrogen) atoms. The van der Waals surface area contributed by atoms with Crippen LogP contribution < -0.4 is 21.9 Å². The first-order valence-corrected chi connectivity index (χ1v) is 10.4. The molecular weight excluding hydrogens is 416 g/mol. The number of aromatic nitrogens is 2. The first-order chi connectivity index (χ1) is 13.6. The zero-order valence-electron chi connectivity index (χ0n) is 16.2. The summed E-state index contributed by atoms with van der Waals surface area (Å²) in [5.74, 6) is 0.539. The Balaban J connectivity index is 1.59. The van der Waals surface area contributed by atoms with Crippen LogP contribution in [-0.2, 0) is 0 Å². The van der Waals surface area contributed by atoms with Crippen molar-refractivity contribution >= 4 is 35.0 Å². The number of benzene rings is 1. The van der Waals surface area contributed by atoms with Crippen molar-refractivity contribution in [2.45, 2.75) is 44.3 Å². The maximum atomic E-state index is 14.5. The van der Waals surface area contributed by atoms with E-state index in [1.165, 1.54) is 10.6 Å². The average molecular weight is 440 g/mol. The van der Waals surface area contributed by atoms with Gasteiger partial charge in [-0.2, -0.15) is 4.98 Å². The fraction of sp³-hybridized carbons (Fsp3) is 0.500. The molecule has 4 N–H and O–H groups in total. The highest BCUT2D eigenvalue weighted by molar-refractivity contribution is 6.43. The molecule has 2 atom stereocenters. The molecule has 2 aromatic rings. The fourth-order valence-electron chi connectivity index (χ4n) is 4.90. The van der Waals surface area contributed by atoms with Crippen LogP contribution >= 0.6 is 23.2 Å². The number of anilines is 2. The molecule has 9 heteroatoms. The normalized spacial score (nSPS) is 26.2. The van der Waals surface area contributed by atoms with Crippen molar-refractivity contribution in [1.29, 1.82) is 0 Å². The maximum absolute atomic E-state index is 14.5. The molecule has 4 rings (SSSR count). The lowest BCUT2D eigenvalue weighted by Gasteiger charge is -2.42. The molecule has 2 fully saturated rings. The fourth-order valence-corrected chi connectivity index (χ4v) is 5.28. The van der Waals surface area contributed by atoms with E-state index in [9.17, 15) is 9.18 Å². The van der Waals surface area contributed by atoms with Crippen molar-refractivity contribution < 1.29 is 4.39 Å². The Morgan fingerprint density at radius 2 is 1.97 bits per heavy atom. The molecule has 1 aliphatic heterocycles. The molecular formula is C20H24Cl2FN5O. The summed E-state index contributed by atoms with van der Waals surface area (Å²) >= 11 is 12.3. The van der Waals surface area contributed by atoms with Gasteiger partial charge in [-0.05, 0) is 50.2 Å². The quantitative estimate of drug-likeness (QED) is 0.746. The monoisotopic (exact) mass is 439 g/mol. The Labute approximate surface area is 178 Å². The SMILES string of the molecule is CC1(F)C[C@@H](N)C2(CCN(c3cc(=O)n(-c4cccc(Cl)c4Cl)c(N)n3)CC2)C1. The number of hydrogen-bond acceptors (Lipinski definition) is 5. The van der Waals surface area contributed by atoms with Crippen LogP contribution in [0.3, 0.4) is 0 Å². The highest BCUT2D eigenvalue weighted by Crippen LogP contribution is 2.51. The van der Waals surface area contributed by atoms with Crippen LogP contribution in [0.1, 0.15) is 32.6 Å². The highest BCUT2D eigenvalue weighted by Gasteiger charge is 2.52. The average Bonchev–Trinajstić information content (AvgIpc) is 2.86. The number of nitrogens with two attached hydrogens (primary N) is 2. The van der Waals surface area contributed by atoms with Gasteiger partial charge in [-0.1, -0.05) is 29.3 Å². The lowest BCUT2D eigenvalue weighted by Crippen LogP contribution is -2.47. The zero-order valence-corrected chi connectivity index (χ0v) is 17.7. The van der Waals surface area contributed by atoms with Gasteiger partial charge in [0.05, 0.1) is 15.7 Å². The molecule has 1 saturated carbocycles. The second kappa shape index (κ2) is 7.15. The Bertz CT molecular complexity index is 1000. The molecule has 0 radical (unpaired) electrons. The predicted octanol–water partition coefficient (Wildman–Crippen LogP) is 3.56. The van der Waals surface area contributed by atoms with Crippen molar-refractivity contribution in [1.82, 2.24) is 9.55 Å². The molecule has 1 aromatic carbocycles. The topological polar surface area (TPSA) is 90.2 Å². The van der Waals surface area contributed by atoms with Gasteiger partial charge in [0, 0.05) is 25.2 Å². The number of hydrogen-bond donors (Lipinski definition) is 2. The standard InChI is InChI=1S/C20H24Cl2FN5O/c1-19(23)10-14(24)20(11-19)5-7-27(8-6-20)15-9-16(29)28(18(25)26-15)13-4-2-3-12(21)17(13)22/h2-4,9,14H,5-8,10-11,24H2,1H3,(H2,25,26)/t14-,19?/m1/s1.